The molecule has 0 aliphatic carbocycles. The molecule has 1 nitrogen and oxygen atoms in total. The first-order chi connectivity index (χ1) is 4.31. The molecule has 0 heterocycles. The van der Waals surface area contributed by atoms with Crippen molar-refractivity contribution >= 4 is 6.21 Å². The number of hydrogen-bond donors (Lipinski definition) is 0. The van der Waals surface area contributed by atoms with Gasteiger partial charge in [0.1, 0.15) is 0 Å². The van der Waals surface area contributed by atoms with E-state index in [0.29, 0.717) is 0 Å². The molecule has 0 spiro atoms. The van der Waals surface area contributed by atoms with E-state index in [1.807, 2.05) is 13.1 Å². The van der Waals surface area contributed by atoms with Crippen LogP contribution >= 0.6 is 0 Å². The summed E-state index contributed by atoms with van der Waals surface area (Å²) in [5.74, 6) is 0. The van der Waals surface area contributed by atoms with Gasteiger partial charge in [0.2, 0.25) is 0 Å². The summed E-state index contributed by atoms with van der Waals surface area (Å²) in [7, 11) is 0. The average molecular weight is 125 g/mol. The van der Waals surface area contributed by atoms with E-state index in [-0.39, 0.29) is 0 Å². The second kappa shape index (κ2) is 5.54. The molecular formula is C8H15N. The van der Waals surface area contributed by atoms with E-state index in [1.54, 1.807) is 0 Å². The van der Waals surface area contributed by atoms with Crippen LogP contribution in [0.3, 0.4) is 0 Å². The minimum atomic E-state index is 0.864. The van der Waals surface area contributed by atoms with Gasteiger partial charge in [-0.15, -0.1) is 0 Å². The zero-order chi connectivity index (χ0) is 7.11. The van der Waals surface area contributed by atoms with E-state index in [4.69, 9.17) is 0 Å². The molecular weight excluding hydrogens is 110 g/mol. The molecule has 0 fully saturated rings. The van der Waals surface area contributed by atoms with Crippen molar-refractivity contribution in [3.05, 3.63) is 12.2 Å². The van der Waals surface area contributed by atoms with Crippen LogP contribution in [-0.2, 0) is 0 Å². The lowest BCUT2D eigenvalue weighted by atomic mass is 10.2. The van der Waals surface area contributed by atoms with Crippen LogP contribution in [0.1, 0.15) is 26.7 Å². The summed E-state index contributed by atoms with van der Waals surface area (Å²) in [5, 5.41) is 0. The fourth-order valence-electron chi connectivity index (χ4n) is 0.606. The Morgan fingerprint density at radius 2 is 2.22 bits per heavy atom. The van der Waals surface area contributed by atoms with Crippen molar-refractivity contribution in [2.75, 3.05) is 6.54 Å². The lowest BCUT2D eigenvalue weighted by molar-refractivity contribution is 0.940. The van der Waals surface area contributed by atoms with Crippen LogP contribution < -0.4 is 0 Å². The molecule has 0 aromatic heterocycles. The van der Waals surface area contributed by atoms with Crippen LogP contribution in [0.4, 0.5) is 0 Å². The van der Waals surface area contributed by atoms with Crippen molar-refractivity contribution in [1.29, 1.82) is 0 Å². The molecule has 0 saturated carbocycles. The number of hydrogen-bond acceptors (Lipinski definition) is 1. The quantitative estimate of drug-likeness (QED) is 0.512. The molecule has 0 saturated heterocycles. The zero-order valence-corrected chi connectivity index (χ0v) is 6.35. The van der Waals surface area contributed by atoms with E-state index < -0.39 is 0 Å². The largest absolute Gasteiger partial charge is 0.293 e. The molecule has 0 aromatic rings. The van der Waals surface area contributed by atoms with Gasteiger partial charge < -0.3 is 0 Å². The predicted molar refractivity (Wildman–Crippen MR) is 43.1 cm³/mol. The monoisotopic (exact) mass is 125 g/mol. The number of aliphatic imine (C=N–C) groups is 1. The first-order valence-corrected chi connectivity index (χ1v) is 3.48. The lowest BCUT2D eigenvalue weighted by Gasteiger charge is -1.91. The van der Waals surface area contributed by atoms with E-state index >= 15 is 0 Å². The minimum absolute atomic E-state index is 0.864. The summed E-state index contributed by atoms with van der Waals surface area (Å²) in [6.07, 6.45) is 4.10. The summed E-state index contributed by atoms with van der Waals surface area (Å²) < 4.78 is 0. The van der Waals surface area contributed by atoms with E-state index in [0.717, 1.165) is 25.0 Å². The predicted octanol–water partition coefficient (Wildman–Crippen LogP) is 2.43. The molecule has 0 aromatic carbocycles. The molecule has 0 unspecified atom stereocenters. The van der Waals surface area contributed by atoms with Gasteiger partial charge in [-0.05, 0) is 18.9 Å². The molecule has 0 bridgehead atoms. The van der Waals surface area contributed by atoms with Gasteiger partial charge in [0.15, 0.2) is 0 Å². The first-order valence-electron chi connectivity index (χ1n) is 3.48. The highest BCUT2D eigenvalue weighted by Gasteiger charge is 1.83. The molecule has 0 aliphatic heterocycles. The van der Waals surface area contributed by atoms with E-state index in [1.165, 1.54) is 0 Å². The van der Waals surface area contributed by atoms with Crippen molar-refractivity contribution in [2.45, 2.75) is 26.7 Å². The fraction of sp³-hybridized carbons (Fsp3) is 0.625. The second-order valence-corrected chi connectivity index (χ2v) is 2.04. The molecule has 0 N–H and O–H groups in total. The number of nitrogens with zero attached hydrogens (tertiary/aromatic N) is 1. The van der Waals surface area contributed by atoms with Crippen molar-refractivity contribution in [1.82, 2.24) is 0 Å². The SMILES string of the molecule is C=C(C=NCC)CCC. The topological polar surface area (TPSA) is 12.4 Å². The normalized spacial score (nSPS) is 10.4. The Morgan fingerprint density at radius 1 is 1.56 bits per heavy atom. The van der Waals surface area contributed by atoms with Gasteiger partial charge in [0.25, 0.3) is 0 Å². The highest BCUT2D eigenvalue weighted by atomic mass is 14.7. The third kappa shape index (κ3) is 5.28. The summed E-state index contributed by atoms with van der Waals surface area (Å²) in [4.78, 5) is 4.07. The maximum absolute atomic E-state index is 4.07. The Balaban J connectivity index is 3.37. The smallest absolute Gasteiger partial charge is 0.0361 e. The van der Waals surface area contributed by atoms with Gasteiger partial charge >= 0.3 is 0 Å². The molecule has 0 radical (unpaired) electrons. The van der Waals surface area contributed by atoms with E-state index in [9.17, 15) is 0 Å². The Labute approximate surface area is 57.5 Å². The van der Waals surface area contributed by atoms with Crippen LogP contribution in [0.2, 0.25) is 0 Å². The Hall–Kier alpha value is -0.590. The maximum atomic E-state index is 4.07. The van der Waals surface area contributed by atoms with Gasteiger partial charge in [-0.3, -0.25) is 4.99 Å². The van der Waals surface area contributed by atoms with Gasteiger partial charge in [-0.25, -0.2) is 0 Å². The van der Waals surface area contributed by atoms with Crippen LogP contribution in [0.5, 0.6) is 0 Å². The number of allylic oxidation sites excluding steroid dienone is 1. The summed E-state index contributed by atoms with van der Waals surface area (Å²) in [6.45, 7) is 8.86. The number of rotatable bonds is 4. The molecule has 0 aliphatic rings. The minimum Gasteiger partial charge on any atom is -0.293 e. The van der Waals surface area contributed by atoms with Gasteiger partial charge in [-0.2, -0.15) is 0 Å². The standard InChI is InChI=1S/C8H15N/c1-4-6-8(3)7-9-5-2/h7H,3-6H2,1-2H3. The molecule has 0 atom stereocenters. The summed E-state index contributed by atoms with van der Waals surface area (Å²) >= 11 is 0. The lowest BCUT2D eigenvalue weighted by Crippen LogP contribution is -1.81. The van der Waals surface area contributed by atoms with Crippen LogP contribution in [-0.4, -0.2) is 12.8 Å². The molecule has 1 heteroatoms. The highest BCUT2D eigenvalue weighted by Crippen LogP contribution is 1.96. The summed E-state index contributed by atoms with van der Waals surface area (Å²) in [6, 6.07) is 0. The molecule has 0 rings (SSSR count). The van der Waals surface area contributed by atoms with Crippen LogP contribution in [0.15, 0.2) is 17.1 Å². The van der Waals surface area contributed by atoms with Crippen LogP contribution in [0, 0.1) is 0 Å². The summed E-state index contributed by atoms with van der Waals surface area (Å²) in [5.41, 5.74) is 1.14. The Bertz CT molecular complexity index is 103. The van der Waals surface area contributed by atoms with Crippen LogP contribution in [0.25, 0.3) is 0 Å². The third-order valence-corrected chi connectivity index (χ3v) is 1.03. The van der Waals surface area contributed by atoms with Crippen molar-refractivity contribution in [3.8, 4) is 0 Å². The maximum Gasteiger partial charge on any atom is 0.0361 e. The van der Waals surface area contributed by atoms with Crippen molar-refractivity contribution in [3.63, 3.8) is 0 Å². The Kier molecular flexibility index (Phi) is 5.18. The molecule has 9 heavy (non-hydrogen) atoms. The second-order valence-electron chi connectivity index (χ2n) is 2.04. The van der Waals surface area contributed by atoms with Crippen molar-refractivity contribution < 1.29 is 0 Å². The van der Waals surface area contributed by atoms with Crippen molar-refractivity contribution in [2.24, 2.45) is 4.99 Å². The fourth-order valence-corrected chi connectivity index (χ4v) is 0.606. The highest BCUT2D eigenvalue weighted by molar-refractivity contribution is 5.77. The Morgan fingerprint density at radius 3 is 2.67 bits per heavy atom. The van der Waals surface area contributed by atoms with Gasteiger partial charge in [0.05, 0.1) is 0 Å². The molecule has 0 amide bonds. The first kappa shape index (κ1) is 8.41. The molecule has 52 valence electrons. The van der Waals surface area contributed by atoms with Gasteiger partial charge in [-0.1, -0.05) is 19.9 Å². The zero-order valence-electron chi connectivity index (χ0n) is 6.35. The third-order valence-electron chi connectivity index (χ3n) is 1.03. The average Bonchev–Trinajstić information content (AvgIpc) is 1.85. The van der Waals surface area contributed by atoms with Gasteiger partial charge in [0, 0.05) is 12.8 Å². The van der Waals surface area contributed by atoms with E-state index in [2.05, 4.69) is 18.5 Å².